The van der Waals surface area contributed by atoms with Crippen molar-refractivity contribution in [3.05, 3.63) is 33.9 Å². The average molecular weight is 260 g/mol. The van der Waals surface area contributed by atoms with E-state index in [0.717, 1.165) is 6.07 Å². The maximum Gasteiger partial charge on any atom is 0.327 e. The number of rotatable bonds is 5. The minimum atomic E-state index is -1.25. The van der Waals surface area contributed by atoms with Gasteiger partial charge in [-0.25, -0.2) is 4.39 Å². The van der Waals surface area contributed by atoms with Crippen molar-refractivity contribution >= 4 is 11.4 Å². The van der Waals surface area contributed by atoms with Crippen LogP contribution in [0.15, 0.2) is 12.1 Å². The molecule has 0 heterocycles. The molecule has 0 radical (unpaired) electrons. The largest absolute Gasteiger partial charge is 0.394 e. The number of halogens is 2. The second-order valence-electron chi connectivity index (χ2n) is 4.22. The summed E-state index contributed by atoms with van der Waals surface area (Å²) in [5.74, 6) is -2.22. The smallest absolute Gasteiger partial charge is 0.327 e. The van der Waals surface area contributed by atoms with E-state index in [1.807, 2.05) is 0 Å². The number of nitrogens with zero attached hydrogens (tertiary/aromatic N) is 1. The molecule has 2 N–H and O–H groups in total. The average Bonchev–Trinajstić information content (AvgIpc) is 2.23. The molecule has 1 unspecified atom stereocenters. The van der Waals surface area contributed by atoms with Crippen LogP contribution in [0.4, 0.5) is 20.2 Å². The quantitative estimate of drug-likeness (QED) is 0.629. The summed E-state index contributed by atoms with van der Waals surface area (Å²) in [6.45, 7) is 3.25. The Morgan fingerprint density at radius 3 is 2.50 bits per heavy atom. The number of anilines is 1. The molecular weight excluding hydrogens is 246 g/mol. The Kier molecular flexibility index (Phi) is 4.55. The van der Waals surface area contributed by atoms with Gasteiger partial charge in [0.25, 0.3) is 0 Å². The molecule has 1 rings (SSSR count). The molecule has 7 heteroatoms. The van der Waals surface area contributed by atoms with Crippen molar-refractivity contribution in [3.8, 4) is 0 Å². The van der Waals surface area contributed by atoms with Gasteiger partial charge in [0.15, 0.2) is 0 Å². The molecular formula is C11H14F2N2O3. The number of nitrogens with one attached hydrogen (secondary N) is 1. The molecule has 1 aromatic carbocycles. The summed E-state index contributed by atoms with van der Waals surface area (Å²) in [6.07, 6.45) is 0. The molecule has 0 aliphatic heterocycles. The molecule has 0 aliphatic carbocycles. The summed E-state index contributed by atoms with van der Waals surface area (Å²) < 4.78 is 26.4. The minimum absolute atomic E-state index is 0.0547. The Bertz CT molecular complexity index is 452. The van der Waals surface area contributed by atoms with Gasteiger partial charge in [0.1, 0.15) is 11.5 Å². The lowest BCUT2D eigenvalue weighted by atomic mass is 10.0. The number of benzene rings is 1. The first-order valence-corrected chi connectivity index (χ1v) is 5.37. The van der Waals surface area contributed by atoms with Gasteiger partial charge < -0.3 is 10.4 Å². The number of hydrogen-bond donors (Lipinski definition) is 2. The van der Waals surface area contributed by atoms with Crippen LogP contribution in [0, 0.1) is 27.7 Å². The standard InChI is InChI=1S/C11H14F2N2O3/c1-6(2)10(5-16)14-9-4-7(12)3-8(13)11(9)15(17)18/h3-4,6,10,14,16H,5H2,1-2H3. The van der Waals surface area contributed by atoms with Crippen molar-refractivity contribution in [1.82, 2.24) is 0 Å². The van der Waals surface area contributed by atoms with Crippen LogP contribution in [0.2, 0.25) is 0 Å². The fraction of sp³-hybridized carbons (Fsp3) is 0.455. The van der Waals surface area contributed by atoms with Crippen LogP contribution in [-0.2, 0) is 0 Å². The Morgan fingerprint density at radius 1 is 1.44 bits per heavy atom. The monoisotopic (exact) mass is 260 g/mol. The van der Waals surface area contributed by atoms with Gasteiger partial charge in [-0.3, -0.25) is 10.1 Å². The molecule has 5 nitrogen and oxygen atoms in total. The van der Waals surface area contributed by atoms with Crippen LogP contribution in [0.1, 0.15) is 13.8 Å². The van der Waals surface area contributed by atoms with Gasteiger partial charge in [0.05, 0.1) is 17.6 Å². The first kappa shape index (κ1) is 14.3. The van der Waals surface area contributed by atoms with Gasteiger partial charge in [-0.05, 0) is 5.92 Å². The van der Waals surface area contributed by atoms with E-state index in [9.17, 15) is 18.9 Å². The lowest BCUT2D eigenvalue weighted by Gasteiger charge is -2.21. The molecule has 0 spiro atoms. The maximum absolute atomic E-state index is 13.3. The van der Waals surface area contributed by atoms with Gasteiger partial charge in [-0.2, -0.15) is 4.39 Å². The van der Waals surface area contributed by atoms with E-state index in [1.54, 1.807) is 13.8 Å². The third-order valence-corrected chi connectivity index (χ3v) is 2.55. The number of nitro groups is 1. The SMILES string of the molecule is CC(C)C(CO)Nc1cc(F)cc(F)c1[N+](=O)[O-]. The van der Waals surface area contributed by atoms with Crippen LogP contribution >= 0.6 is 0 Å². The Hall–Kier alpha value is -1.76. The van der Waals surface area contributed by atoms with Crippen molar-refractivity contribution in [2.75, 3.05) is 11.9 Å². The molecule has 0 saturated carbocycles. The van der Waals surface area contributed by atoms with E-state index in [4.69, 9.17) is 5.11 Å². The molecule has 0 amide bonds. The molecule has 0 saturated heterocycles. The highest BCUT2D eigenvalue weighted by molar-refractivity contribution is 5.62. The van der Waals surface area contributed by atoms with Crippen molar-refractivity contribution < 1.29 is 18.8 Å². The highest BCUT2D eigenvalue weighted by Gasteiger charge is 2.24. The zero-order chi connectivity index (χ0) is 13.9. The third kappa shape index (κ3) is 3.13. The summed E-state index contributed by atoms with van der Waals surface area (Å²) in [4.78, 5) is 9.81. The number of aliphatic hydroxyl groups is 1. The van der Waals surface area contributed by atoms with Gasteiger partial charge in [-0.15, -0.1) is 0 Å². The number of hydrogen-bond acceptors (Lipinski definition) is 4. The normalized spacial score (nSPS) is 12.6. The van der Waals surface area contributed by atoms with Gasteiger partial charge in [-0.1, -0.05) is 13.8 Å². The molecule has 1 atom stereocenters. The Balaban J connectivity index is 3.18. The summed E-state index contributed by atoms with van der Waals surface area (Å²) in [5, 5.41) is 22.4. The highest BCUT2D eigenvalue weighted by Crippen LogP contribution is 2.30. The first-order valence-electron chi connectivity index (χ1n) is 5.37. The molecule has 18 heavy (non-hydrogen) atoms. The van der Waals surface area contributed by atoms with E-state index >= 15 is 0 Å². The second kappa shape index (κ2) is 5.72. The van der Waals surface area contributed by atoms with E-state index in [-0.39, 0.29) is 18.2 Å². The van der Waals surface area contributed by atoms with Crippen molar-refractivity contribution in [2.45, 2.75) is 19.9 Å². The van der Waals surface area contributed by atoms with Crippen molar-refractivity contribution in [2.24, 2.45) is 5.92 Å². The van der Waals surface area contributed by atoms with Gasteiger partial charge in [0, 0.05) is 12.1 Å². The fourth-order valence-corrected chi connectivity index (χ4v) is 1.48. The van der Waals surface area contributed by atoms with Crippen LogP contribution < -0.4 is 5.32 Å². The summed E-state index contributed by atoms with van der Waals surface area (Å²) in [5.41, 5.74) is -1.10. The molecule has 0 bridgehead atoms. The number of nitro benzene ring substituents is 1. The first-order chi connectivity index (χ1) is 8.36. The fourth-order valence-electron chi connectivity index (χ4n) is 1.48. The molecule has 0 fully saturated rings. The molecule has 0 aliphatic rings. The van der Waals surface area contributed by atoms with E-state index < -0.39 is 28.3 Å². The van der Waals surface area contributed by atoms with E-state index in [1.165, 1.54) is 0 Å². The van der Waals surface area contributed by atoms with Crippen LogP contribution in [0.25, 0.3) is 0 Å². The maximum atomic E-state index is 13.3. The predicted octanol–water partition coefficient (Wildman–Crippen LogP) is 2.30. The summed E-state index contributed by atoms with van der Waals surface area (Å²) >= 11 is 0. The van der Waals surface area contributed by atoms with Gasteiger partial charge >= 0.3 is 5.69 Å². The lowest BCUT2D eigenvalue weighted by Crippen LogP contribution is -2.29. The van der Waals surface area contributed by atoms with Crippen molar-refractivity contribution in [3.63, 3.8) is 0 Å². The molecule has 1 aromatic rings. The van der Waals surface area contributed by atoms with Crippen LogP contribution in [0.5, 0.6) is 0 Å². The molecule has 100 valence electrons. The predicted molar refractivity (Wildman–Crippen MR) is 62.3 cm³/mol. The van der Waals surface area contributed by atoms with Gasteiger partial charge in [0.2, 0.25) is 5.82 Å². The zero-order valence-corrected chi connectivity index (χ0v) is 9.98. The topological polar surface area (TPSA) is 75.4 Å². The number of aliphatic hydroxyl groups excluding tert-OH is 1. The highest BCUT2D eigenvalue weighted by atomic mass is 19.1. The minimum Gasteiger partial charge on any atom is -0.394 e. The summed E-state index contributed by atoms with van der Waals surface area (Å²) in [6, 6.07) is 0.767. The Morgan fingerprint density at radius 2 is 2.06 bits per heavy atom. The zero-order valence-electron chi connectivity index (χ0n) is 9.98. The van der Waals surface area contributed by atoms with E-state index in [0.29, 0.717) is 6.07 Å². The van der Waals surface area contributed by atoms with Crippen LogP contribution in [0.3, 0.4) is 0 Å². The third-order valence-electron chi connectivity index (χ3n) is 2.55. The van der Waals surface area contributed by atoms with Crippen LogP contribution in [-0.4, -0.2) is 22.7 Å². The molecule has 0 aromatic heterocycles. The second-order valence-corrected chi connectivity index (χ2v) is 4.22. The van der Waals surface area contributed by atoms with E-state index in [2.05, 4.69) is 5.32 Å². The lowest BCUT2D eigenvalue weighted by molar-refractivity contribution is -0.386. The Labute approximate surface area is 103 Å². The summed E-state index contributed by atoms with van der Waals surface area (Å²) in [7, 11) is 0. The van der Waals surface area contributed by atoms with Crippen molar-refractivity contribution in [1.29, 1.82) is 0 Å².